The summed E-state index contributed by atoms with van der Waals surface area (Å²) in [5.41, 5.74) is 3.07. The SMILES string of the molecule is CCC(C)S(=O)(=O)/N=C(\N)[C@@H](C)C[C@H]1CN(S(=O)(=O)c2cn(CC)nc2Cl)c2cc(NC(=O)OC(C)(C)C(F)(F)F)ccc2O1. The van der Waals surface area contributed by atoms with Crippen molar-refractivity contribution in [2.45, 2.75) is 89.0 Å². The molecule has 0 saturated heterocycles. The molecule has 1 amide bonds. The Morgan fingerprint density at radius 1 is 1.24 bits per heavy atom. The molecule has 19 heteroatoms. The van der Waals surface area contributed by atoms with Gasteiger partial charge in [-0.2, -0.15) is 22.7 Å². The highest BCUT2D eigenvalue weighted by atomic mass is 35.5. The largest absolute Gasteiger partial charge is 0.486 e. The smallest absolute Gasteiger partial charge is 0.427 e. The van der Waals surface area contributed by atoms with Gasteiger partial charge in [0.1, 0.15) is 22.6 Å². The molecule has 0 fully saturated rings. The number of rotatable bonds is 11. The number of nitrogens with zero attached hydrogens (tertiary/aromatic N) is 4. The molecule has 1 aromatic heterocycles. The molecule has 1 aliphatic rings. The van der Waals surface area contributed by atoms with Crippen LogP contribution in [0.15, 0.2) is 33.7 Å². The number of nitrogens with one attached hydrogen (secondary N) is 1. The number of hydrogen-bond acceptors (Lipinski definition) is 8. The van der Waals surface area contributed by atoms with Crippen LogP contribution in [0.4, 0.5) is 29.3 Å². The molecular weight excluding hydrogens is 665 g/mol. The molecule has 1 aliphatic heterocycles. The van der Waals surface area contributed by atoms with Crippen molar-refractivity contribution in [1.29, 1.82) is 0 Å². The third-order valence-corrected chi connectivity index (χ3v) is 11.2. The molecule has 0 saturated carbocycles. The lowest BCUT2D eigenvalue weighted by Crippen LogP contribution is -2.45. The van der Waals surface area contributed by atoms with Gasteiger partial charge in [0.25, 0.3) is 20.0 Å². The Kier molecular flexibility index (Phi) is 10.7. The second-order valence-corrected chi connectivity index (χ2v) is 15.2. The number of anilines is 2. The molecule has 13 nitrogen and oxygen atoms in total. The van der Waals surface area contributed by atoms with E-state index in [0.29, 0.717) is 26.8 Å². The van der Waals surface area contributed by atoms with Crippen molar-refractivity contribution < 1.29 is 44.3 Å². The van der Waals surface area contributed by atoms with Crippen LogP contribution in [0.25, 0.3) is 0 Å². The fourth-order valence-electron chi connectivity index (χ4n) is 4.06. The summed E-state index contributed by atoms with van der Waals surface area (Å²) in [7, 11) is -8.30. The van der Waals surface area contributed by atoms with Gasteiger partial charge in [0.15, 0.2) is 5.15 Å². The highest BCUT2D eigenvalue weighted by Crippen LogP contribution is 2.41. The highest BCUT2D eigenvalue weighted by Gasteiger charge is 2.51. The zero-order valence-corrected chi connectivity index (χ0v) is 27.8. The molecule has 3 atom stereocenters. The summed E-state index contributed by atoms with van der Waals surface area (Å²) in [5.74, 6) is -0.788. The minimum atomic E-state index is -4.85. The van der Waals surface area contributed by atoms with E-state index in [1.54, 1.807) is 20.8 Å². The molecule has 0 spiro atoms. The van der Waals surface area contributed by atoms with Crippen LogP contribution in [-0.2, 0) is 31.3 Å². The summed E-state index contributed by atoms with van der Waals surface area (Å²) in [6.07, 6.45) is -5.51. The summed E-state index contributed by atoms with van der Waals surface area (Å²) in [4.78, 5) is 12.0. The van der Waals surface area contributed by atoms with E-state index in [9.17, 15) is 34.8 Å². The zero-order valence-electron chi connectivity index (χ0n) is 25.4. The number of amidine groups is 1. The number of alkyl halides is 3. The first-order chi connectivity index (χ1) is 20.6. The Bertz CT molecular complexity index is 1660. The van der Waals surface area contributed by atoms with Gasteiger partial charge in [-0.3, -0.25) is 14.3 Å². The summed E-state index contributed by atoms with van der Waals surface area (Å²) in [6, 6.07) is 3.80. The van der Waals surface area contributed by atoms with Crippen LogP contribution in [0.3, 0.4) is 0 Å². The number of hydrogen-bond donors (Lipinski definition) is 2. The van der Waals surface area contributed by atoms with Gasteiger partial charge in [-0.25, -0.2) is 21.6 Å². The number of amides is 1. The van der Waals surface area contributed by atoms with Crippen LogP contribution in [0.1, 0.15) is 54.4 Å². The van der Waals surface area contributed by atoms with E-state index >= 15 is 0 Å². The van der Waals surface area contributed by atoms with Crippen molar-refractivity contribution in [2.24, 2.45) is 16.0 Å². The van der Waals surface area contributed by atoms with Gasteiger partial charge in [0.05, 0.1) is 17.5 Å². The van der Waals surface area contributed by atoms with Gasteiger partial charge in [-0.15, -0.1) is 0 Å². The van der Waals surface area contributed by atoms with E-state index in [1.807, 2.05) is 0 Å². The zero-order chi connectivity index (χ0) is 34.1. The average Bonchev–Trinajstić information content (AvgIpc) is 3.32. The standard InChI is InChI=1S/C26H36ClF3N6O7S2/c1-7-16(4)44(38,39)34-23(31)15(3)11-18-13-36(45(40,41)21-14-35(8-2)33-22(21)27)19-12-17(9-10-20(19)42-18)32-24(37)43-25(5,6)26(28,29)30/h9-10,12,14-16,18H,7-8,11,13H2,1-6H3,(H2,31,34)(H,32,37)/t15-,16?,18-/m0/s1. The maximum Gasteiger partial charge on any atom is 0.427 e. The molecule has 252 valence electrons. The molecule has 2 aromatic rings. The van der Waals surface area contributed by atoms with Gasteiger partial charge in [0.2, 0.25) is 5.60 Å². The predicted molar refractivity (Wildman–Crippen MR) is 163 cm³/mol. The maximum absolute atomic E-state index is 14.0. The maximum atomic E-state index is 14.0. The molecule has 3 N–H and O–H groups in total. The first-order valence-electron chi connectivity index (χ1n) is 13.8. The molecule has 45 heavy (non-hydrogen) atoms. The molecule has 0 aliphatic carbocycles. The van der Waals surface area contributed by atoms with Crippen molar-refractivity contribution in [3.8, 4) is 5.75 Å². The molecule has 0 bridgehead atoms. The number of fused-ring (bicyclic) bond motifs is 1. The number of nitrogens with two attached hydrogens (primary N) is 1. The topological polar surface area (TPSA) is 175 Å². The summed E-state index contributed by atoms with van der Waals surface area (Å²) in [5, 5.41) is 5.12. The van der Waals surface area contributed by atoms with E-state index in [0.717, 1.165) is 4.31 Å². The summed E-state index contributed by atoms with van der Waals surface area (Å²) >= 11 is 6.19. The average molecular weight is 701 g/mol. The van der Waals surface area contributed by atoms with Crippen LogP contribution in [0.2, 0.25) is 5.15 Å². The highest BCUT2D eigenvalue weighted by molar-refractivity contribution is 7.93. The Morgan fingerprint density at radius 3 is 2.44 bits per heavy atom. The van der Waals surface area contributed by atoms with Gasteiger partial charge in [-0.1, -0.05) is 25.4 Å². The predicted octanol–water partition coefficient (Wildman–Crippen LogP) is 4.91. The lowest BCUT2D eigenvalue weighted by atomic mass is 10.0. The third kappa shape index (κ3) is 8.13. The fraction of sp³-hybridized carbons (Fsp3) is 0.577. The molecular formula is C26H36ClF3N6O7S2. The Labute approximate surface area is 265 Å². The van der Waals surface area contributed by atoms with Crippen molar-refractivity contribution in [1.82, 2.24) is 9.78 Å². The number of carbonyl (C=O) groups excluding carboxylic acids is 1. The molecule has 3 rings (SSSR count). The van der Waals surface area contributed by atoms with E-state index in [1.165, 1.54) is 36.0 Å². The van der Waals surface area contributed by atoms with Crippen LogP contribution in [0, 0.1) is 5.92 Å². The first kappa shape index (κ1) is 36.2. The first-order valence-corrected chi connectivity index (χ1v) is 17.2. The van der Waals surface area contributed by atoms with E-state index in [-0.39, 0.29) is 46.0 Å². The van der Waals surface area contributed by atoms with Gasteiger partial charge >= 0.3 is 12.3 Å². The number of carbonyl (C=O) groups is 1. The summed E-state index contributed by atoms with van der Waals surface area (Å²) < 4.78 is 109. The van der Waals surface area contributed by atoms with Gasteiger partial charge in [0, 0.05) is 24.3 Å². The van der Waals surface area contributed by atoms with Crippen molar-refractivity contribution >= 4 is 55.0 Å². The molecule has 1 unspecified atom stereocenters. The Hall–Kier alpha value is -3.25. The fourth-order valence-corrected chi connectivity index (χ4v) is 7.08. The number of sulfonamides is 2. The molecule has 0 radical (unpaired) electrons. The van der Waals surface area contributed by atoms with Crippen LogP contribution in [0.5, 0.6) is 5.75 Å². The summed E-state index contributed by atoms with van der Waals surface area (Å²) in [6.45, 7) is 7.92. The van der Waals surface area contributed by atoms with Crippen LogP contribution >= 0.6 is 11.6 Å². The monoisotopic (exact) mass is 700 g/mol. The van der Waals surface area contributed by atoms with Crippen LogP contribution < -0.4 is 20.1 Å². The molecule has 2 heterocycles. The Morgan fingerprint density at radius 2 is 1.89 bits per heavy atom. The normalized spacial score (nSPS) is 17.7. The van der Waals surface area contributed by atoms with Gasteiger partial charge < -0.3 is 15.2 Å². The number of benzene rings is 1. The van der Waals surface area contributed by atoms with E-state index < -0.39 is 55.2 Å². The lowest BCUT2D eigenvalue weighted by Gasteiger charge is -2.36. The Balaban J connectivity index is 1.99. The molecule has 1 aromatic carbocycles. The van der Waals surface area contributed by atoms with Crippen molar-refractivity contribution in [2.75, 3.05) is 16.2 Å². The number of aryl methyl sites for hydroxylation is 1. The second kappa shape index (κ2) is 13.2. The van der Waals surface area contributed by atoms with Crippen molar-refractivity contribution in [3.05, 3.63) is 29.5 Å². The van der Waals surface area contributed by atoms with E-state index in [2.05, 4.69) is 19.6 Å². The second-order valence-electron chi connectivity index (χ2n) is 11.0. The third-order valence-electron chi connectivity index (χ3n) is 7.18. The number of halogens is 4. The number of ether oxygens (including phenoxy) is 2. The van der Waals surface area contributed by atoms with E-state index in [4.69, 9.17) is 22.1 Å². The van der Waals surface area contributed by atoms with Crippen LogP contribution in [-0.4, -0.2) is 68.2 Å². The number of aromatic nitrogens is 2. The lowest BCUT2D eigenvalue weighted by molar-refractivity contribution is -0.242. The van der Waals surface area contributed by atoms with Crippen molar-refractivity contribution in [3.63, 3.8) is 0 Å². The quantitative estimate of drug-likeness (QED) is 0.244. The minimum absolute atomic E-state index is 0.0401. The van der Waals surface area contributed by atoms with Gasteiger partial charge in [-0.05, 0) is 58.7 Å². The minimum Gasteiger partial charge on any atom is -0.486 e.